The van der Waals surface area contributed by atoms with Crippen molar-refractivity contribution in [2.24, 2.45) is 0 Å². The smallest absolute Gasteiger partial charge is 0.145 e. The monoisotopic (exact) mass is 712 g/mol. The summed E-state index contributed by atoms with van der Waals surface area (Å²) in [5.41, 5.74) is 5.31. The van der Waals surface area contributed by atoms with Gasteiger partial charge in [-0.2, -0.15) is 10.5 Å². The molecule has 0 aliphatic rings. The first kappa shape index (κ1) is 41.2. The van der Waals surface area contributed by atoms with E-state index >= 15 is 0 Å². The Kier molecular flexibility index (Phi) is 17.5. The molecule has 0 radical (unpaired) electrons. The molecular formula is C48H62N3O2+. The number of unbranched alkanes of at least 4 members (excludes halogenated alkanes) is 6. The van der Waals surface area contributed by atoms with E-state index in [0.717, 1.165) is 91.2 Å². The summed E-state index contributed by atoms with van der Waals surface area (Å²) >= 11 is 0. The largest absolute Gasteiger partial charge is 0.488 e. The van der Waals surface area contributed by atoms with Crippen LogP contribution in [0.25, 0.3) is 22.3 Å². The second-order valence-corrected chi connectivity index (χ2v) is 15.2. The second kappa shape index (κ2) is 22.5. The molecule has 0 amide bonds. The highest BCUT2D eigenvalue weighted by Gasteiger charge is 2.22. The van der Waals surface area contributed by atoms with Crippen molar-refractivity contribution in [3.8, 4) is 45.9 Å². The van der Waals surface area contributed by atoms with Crippen LogP contribution in [0.5, 0.6) is 11.5 Å². The summed E-state index contributed by atoms with van der Waals surface area (Å²) in [5, 5.41) is 20.1. The van der Waals surface area contributed by atoms with Crippen molar-refractivity contribution in [1.82, 2.24) is 0 Å². The predicted octanol–water partition coefficient (Wildman–Crippen LogP) is 12.5. The summed E-state index contributed by atoms with van der Waals surface area (Å²) in [4.78, 5) is 0. The Hall–Kier alpha value is -4.58. The predicted molar refractivity (Wildman–Crippen MR) is 220 cm³/mol. The van der Waals surface area contributed by atoms with Crippen molar-refractivity contribution in [2.75, 3.05) is 27.2 Å². The molecule has 0 heterocycles. The van der Waals surface area contributed by atoms with Gasteiger partial charge in [0.1, 0.15) is 23.6 Å². The molecule has 0 saturated carbocycles. The third-order valence-electron chi connectivity index (χ3n) is 10.3. The Morgan fingerprint density at radius 3 is 1.26 bits per heavy atom. The fourth-order valence-corrected chi connectivity index (χ4v) is 7.26. The van der Waals surface area contributed by atoms with E-state index in [4.69, 9.17) is 9.47 Å². The van der Waals surface area contributed by atoms with Gasteiger partial charge in [0.15, 0.2) is 0 Å². The molecule has 4 rings (SSSR count). The Morgan fingerprint density at radius 1 is 0.491 bits per heavy atom. The number of benzene rings is 4. The number of hydrogen-bond acceptors (Lipinski definition) is 4. The highest BCUT2D eigenvalue weighted by molar-refractivity contribution is 5.74. The van der Waals surface area contributed by atoms with Crippen LogP contribution in [0.1, 0.15) is 115 Å². The van der Waals surface area contributed by atoms with Crippen LogP contribution in [0.4, 0.5) is 0 Å². The number of nitrogens with zero attached hydrogens (tertiary/aromatic N) is 3. The molecule has 280 valence electrons. The Morgan fingerprint density at radius 2 is 0.887 bits per heavy atom. The molecule has 5 heteroatoms. The number of para-hydroxylation sites is 2. The first-order valence-corrected chi connectivity index (χ1v) is 20.2. The van der Waals surface area contributed by atoms with Crippen LogP contribution in [0.15, 0.2) is 97.1 Å². The van der Waals surface area contributed by atoms with E-state index in [2.05, 4.69) is 76.5 Å². The number of hydrogen-bond donors (Lipinski definition) is 0. The van der Waals surface area contributed by atoms with E-state index in [1.165, 1.54) is 38.5 Å². The topological polar surface area (TPSA) is 66.0 Å². The summed E-state index contributed by atoms with van der Waals surface area (Å²) < 4.78 is 14.6. The number of ether oxygens (including phenoxy) is 2. The first-order valence-electron chi connectivity index (χ1n) is 20.2. The minimum absolute atomic E-state index is 0.0590. The summed E-state index contributed by atoms with van der Waals surface area (Å²) in [6.07, 6.45) is 15.7. The van der Waals surface area contributed by atoms with Crippen molar-refractivity contribution in [1.29, 1.82) is 10.5 Å². The molecule has 0 spiro atoms. The summed E-state index contributed by atoms with van der Waals surface area (Å²) in [6.45, 7) is 6.60. The van der Waals surface area contributed by atoms with E-state index < -0.39 is 0 Å². The van der Waals surface area contributed by atoms with Crippen LogP contribution < -0.4 is 9.47 Å². The maximum atomic E-state index is 10.0. The number of quaternary nitrogens is 1. The zero-order valence-corrected chi connectivity index (χ0v) is 32.9. The lowest BCUT2D eigenvalue weighted by Crippen LogP contribution is -2.42. The molecule has 2 atom stereocenters. The molecule has 0 aliphatic heterocycles. The lowest BCUT2D eigenvalue weighted by molar-refractivity contribution is -0.890. The molecule has 5 nitrogen and oxygen atoms in total. The van der Waals surface area contributed by atoms with Gasteiger partial charge in [0.25, 0.3) is 0 Å². The first-order chi connectivity index (χ1) is 25.9. The second-order valence-electron chi connectivity index (χ2n) is 15.2. The summed E-state index contributed by atoms with van der Waals surface area (Å²) in [7, 11) is 4.68. The molecule has 0 saturated heterocycles. The van der Waals surface area contributed by atoms with Gasteiger partial charge in [0, 0.05) is 24.0 Å². The third kappa shape index (κ3) is 13.4. The van der Waals surface area contributed by atoms with Crippen LogP contribution in [0.2, 0.25) is 0 Å². The molecular weight excluding hydrogens is 651 g/mol. The van der Waals surface area contributed by atoms with Gasteiger partial charge in [-0.25, -0.2) is 0 Å². The van der Waals surface area contributed by atoms with Gasteiger partial charge < -0.3 is 14.0 Å². The SMILES string of the molecule is CCCCCCC(CCC[N+](C)(C)CCCC(CCCCCC)Oc1c(C#N)cccc1-c1ccccc1)Oc1c(C#N)cccc1-c1ccccc1. The molecule has 53 heavy (non-hydrogen) atoms. The Balaban J connectivity index is 1.40. The lowest BCUT2D eigenvalue weighted by Gasteiger charge is -2.31. The van der Waals surface area contributed by atoms with Gasteiger partial charge in [0.05, 0.1) is 50.5 Å². The maximum Gasteiger partial charge on any atom is 0.145 e. The maximum absolute atomic E-state index is 10.0. The quantitative estimate of drug-likeness (QED) is 0.0536. The van der Waals surface area contributed by atoms with Gasteiger partial charge in [-0.15, -0.1) is 0 Å². The molecule has 0 N–H and O–H groups in total. The van der Waals surface area contributed by atoms with Crippen LogP contribution in [0.3, 0.4) is 0 Å². The van der Waals surface area contributed by atoms with Gasteiger partial charge in [-0.05, 0) is 61.8 Å². The standard InChI is InChI=1S/C48H62N3O2/c1-5-7-9-17-29-43(52-47-41(37-49)27-19-33-45(47)39-23-13-11-14-24-39)31-21-35-51(3,4)36-22-32-44(30-18-10-8-6-2)53-48-42(38-50)28-20-34-46(48)40-25-15-12-16-26-40/h11-16,19-20,23-28,33-34,43-44H,5-10,17-18,21-22,29-32,35-36H2,1-4H3/q+1. The van der Waals surface area contributed by atoms with Crippen LogP contribution in [0, 0.1) is 22.7 Å². The van der Waals surface area contributed by atoms with E-state index in [-0.39, 0.29) is 12.2 Å². The number of rotatable bonds is 24. The van der Waals surface area contributed by atoms with Crippen LogP contribution in [-0.2, 0) is 0 Å². The Bertz CT molecular complexity index is 1590. The number of nitriles is 2. The molecule has 0 bridgehead atoms. The molecule has 4 aromatic carbocycles. The molecule has 0 fully saturated rings. The van der Waals surface area contributed by atoms with Gasteiger partial charge >= 0.3 is 0 Å². The molecule has 2 unspecified atom stereocenters. The third-order valence-corrected chi connectivity index (χ3v) is 10.3. The average molecular weight is 713 g/mol. The zero-order valence-electron chi connectivity index (χ0n) is 32.9. The van der Waals surface area contributed by atoms with Crippen molar-refractivity contribution in [3.63, 3.8) is 0 Å². The van der Waals surface area contributed by atoms with Crippen LogP contribution >= 0.6 is 0 Å². The minimum atomic E-state index is 0.0590. The van der Waals surface area contributed by atoms with Crippen LogP contribution in [-0.4, -0.2) is 43.9 Å². The van der Waals surface area contributed by atoms with Gasteiger partial charge in [-0.3, -0.25) is 0 Å². The zero-order chi connectivity index (χ0) is 37.7. The van der Waals surface area contributed by atoms with Crippen molar-refractivity contribution >= 4 is 0 Å². The molecule has 0 aromatic heterocycles. The van der Waals surface area contributed by atoms with Gasteiger partial charge in [-0.1, -0.05) is 137 Å². The molecule has 0 aliphatic carbocycles. The van der Waals surface area contributed by atoms with Gasteiger partial charge in [0.2, 0.25) is 0 Å². The van der Waals surface area contributed by atoms with Crippen molar-refractivity contribution < 1.29 is 14.0 Å². The lowest BCUT2D eigenvalue weighted by atomic mass is 10.0. The highest BCUT2D eigenvalue weighted by Crippen LogP contribution is 2.36. The fourth-order valence-electron chi connectivity index (χ4n) is 7.26. The Labute approximate surface area is 320 Å². The minimum Gasteiger partial charge on any atom is -0.488 e. The van der Waals surface area contributed by atoms with E-state index in [9.17, 15) is 10.5 Å². The van der Waals surface area contributed by atoms with E-state index in [1.54, 1.807) is 0 Å². The van der Waals surface area contributed by atoms with E-state index in [1.807, 2.05) is 60.7 Å². The normalized spacial score (nSPS) is 12.4. The summed E-state index contributed by atoms with van der Waals surface area (Å²) in [5.74, 6) is 1.43. The molecule has 4 aromatic rings. The van der Waals surface area contributed by atoms with Crippen molar-refractivity contribution in [2.45, 2.75) is 116 Å². The summed E-state index contributed by atoms with van der Waals surface area (Å²) in [6, 6.07) is 37.1. The fraction of sp³-hybridized carbons (Fsp3) is 0.458. The van der Waals surface area contributed by atoms with Crippen molar-refractivity contribution in [3.05, 3.63) is 108 Å². The van der Waals surface area contributed by atoms with E-state index in [0.29, 0.717) is 22.6 Å². The average Bonchev–Trinajstić information content (AvgIpc) is 3.18. The highest BCUT2D eigenvalue weighted by atomic mass is 16.5.